The van der Waals surface area contributed by atoms with Crippen LogP contribution in [0.1, 0.15) is 135 Å². The van der Waals surface area contributed by atoms with Crippen LogP contribution >= 0.6 is 0 Å². The van der Waals surface area contributed by atoms with Crippen molar-refractivity contribution in [3.8, 4) is 67.5 Å². The Kier molecular flexibility index (Phi) is 15.1. The third-order valence-electron chi connectivity index (χ3n) is 14.0. The second-order valence-corrected chi connectivity index (χ2v) is 29.4. The minimum Gasteiger partial charge on any atom is -0.507 e. The summed E-state index contributed by atoms with van der Waals surface area (Å²) in [5.41, 5.74) is 12.3. The molecule has 0 unspecified atom stereocenters. The van der Waals surface area contributed by atoms with Gasteiger partial charge in [0.15, 0.2) is 0 Å². The maximum absolute atomic E-state index is 15.7. The van der Waals surface area contributed by atoms with Crippen molar-refractivity contribution in [2.45, 2.75) is 144 Å². The van der Waals surface area contributed by atoms with E-state index in [1.807, 2.05) is 85.0 Å². The molecular weight excluding hydrogens is 1110 g/mol. The van der Waals surface area contributed by atoms with E-state index in [9.17, 15) is 5.11 Å². The van der Waals surface area contributed by atoms with Crippen molar-refractivity contribution in [1.29, 1.82) is 0 Å². The Morgan fingerprint density at radius 3 is 1.74 bits per heavy atom. The predicted octanol–water partition coefficient (Wildman–Crippen LogP) is 18.0. The number of aromatic nitrogens is 3. The molecule has 0 saturated carbocycles. The van der Waals surface area contributed by atoms with Gasteiger partial charge in [0.05, 0.1) is 35.9 Å². The predicted molar refractivity (Wildman–Crippen MR) is 299 cm³/mol. The molecule has 0 saturated heterocycles. The number of benzene rings is 6. The molecule has 6 aromatic carbocycles. The molecule has 0 fully saturated rings. The van der Waals surface area contributed by atoms with Crippen LogP contribution in [-0.4, -0.2) is 27.7 Å². The molecule has 0 amide bonds. The van der Waals surface area contributed by atoms with Crippen molar-refractivity contribution >= 4 is 24.3 Å². The van der Waals surface area contributed by atoms with Gasteiger partial charge < -0.3 is 5.11 Å². The minimum absolute atomic E-state index is 0. The summed E-state index contributed by atoms with van der Waals surface area (Å²) in [6, 6.07) is 41.6. The van der Waals surface area contributed by atoms with E-state index < -0.39 is 25.2 Å². The Balaban J connectivity index is 0.00000780. The number of phenols is 1. The van der Waals surface area contributed by atoms with Crippen LogP contribution in [0.2, 0.25) is 19.6 Å². The van der Waals surface area contributed by atoms with Crippen LogP contribution in [0.4, 0.5) is 13.2 Å². The number of para-hydroxylation sites is 1. The number of aromatic hydroxyl groups is 1. The Hall–Kier alpha value is -5.56. The maximum atomic E-state index is 15.7. The molecule has 0 aliphatic heterocycles. The van der Waals surface area contributed by atoms with Crippen molar-refractivity contribution in [1.82, 2.24) is 14.5 Å². The molecule has 0 radical (unpaired) electrons. The molecule has 0 aliphatic carbocycles. The van der Waals surface area contributed by atoms with Gasteiger partial charge in [0.25, 0.3) is 0 Å². The second-order valence-electron chi connectivity index (χ2n) is 24.4. The second kappa shape index (κ2) is 19.9. The summed E-state index contributed by atoms with van der Waals surface area (Å²) in [6.45, 7) is 33.9. The SMILES string of the molecule is CC(C)c1cccc(C(C)C)c1-c1ccnc(-c2[c-]c(-c3cccc4c3nc(-c3cc(C(C)(C)C)cc(C(C)(C)C)c3O)n4-c3cc(C(F)(F)F)c([Si](C)(C)C)cc3-c3ccccc3)cc(C(C)(C)C)c2)c1.[Pt]. The molecule has 9 heteroatoms. The van der Waals surface area contributed by atoms with Gasteiger partial charge in [-0.05, 0) is 90.9 Å². The van der Waals surface area contributed by atoms with Gasteiger partial charge in [-0.25, -0.2) is 4.98 Å². The Labute approximate surface area is 447 Å². The number of fused-ring (bicyclic) bond motifs is 1. The largest absolute Gasteiger partial charge is 0.507 e. The van der Waals surface area contributed by atoms with E-state index in [1.54, 1.807) is 6.07 Å². The summed E-state index contributed by atoms with van der Waals surface area (Å²) < 4.78 is 48.9. The number of imidazole rings is 1. The molecule has 0 aliphatic rings. The fourth-order valence-electron chi connectivity index (χ4n) is 9.93. The van der Waals surface area contributed by atoms with Crippen LogP contribution in [0.3, 0.4) is 0 Å². The molecule has 73 heavy (non-hydrogen) atoms. The molecule has 4 nitrogen and oxygen atoms in total. The number of rotatable bonds is 9. The number of phenolic OH excluding ortho intramolecular Hbond substituents is 1. The zero-order chi connectivity index (χ0) is 52.6. The van der Waals surface area contributed by atoms with E-state index in [0.29, 0.717) is 50.7 Å². The van der Waals surface area contributed by atoms with E-state index in [1.165, 1.54) is 22.8 Å². The van der Waals surface area contributed by atoms with E-state index in [2.05, 4.69) is 145 Å². The van der Waals surface area contributed by atoms with Crippen LogP contribution in [0.25, 0.3) is 72.7 Å². The Bertz CT molecular complexity index is 3320. The van der Waals surface area contributed by atoms with E-state index in [-0.39, 0.29) is 37.6 Å². The van der Waals surface area contributed by atoms with Gasteiger partial charge in [-0.15, -0.1) is 29.3 Å². The molecule has 8 aromatic rings. The van der Waals surface area contributed by atoms with Crippen LogP contribution in [0, 0.1) is 6.07 Å². The third-order valence-corrected chi connectivity index (χ3v) is 16.0. The van der Waals surface area contributed by atoms with Crippen molar-refractivity contribution in [3.63, 3.8) is 0 Å². The van der Waals surface area contributed by atoms with Crippen LogP contribution < -0.4 is 5.19 Å². The normalized spacial score (nSPS) is 12.8. The summed E-state index contributed by atoms with van der Waals surface area (Å²) in [5, 5.41) is 12.9. The molecule has 384 valence electrons. The fourth-order valence-corrected chi connectivity index (χ4v) is 11.5. The summed E-state index contributed by atoms with van der Waals surface area (Å²) >= 11 is 0. The van der Waals surface area contributed by atoms with Gasteiger partial charge in [-0.2, -0.15) is 13.2 Å². The van der Waals surface area contributed by atoms with Crippen molar-refractivity contribution in [2.24, 2.45) is 0 Å². The molecule has 2 heterocycles. The Morgan fingerprint density at radius 1 is 0.589 bits per heavy atom. The zero-order valence-corrected chi connectivity index (χ0v) is 48.7. The first-order valence-corrected chi connectivity index (χ1v) is 28.8. The van der Waals surface area contributed by atoms with E-state index in [4.69, 9.17) is 9.97 Å². The number of hydrogen-bond donors (Lipinski definition) is 1. The van der Waals surface area contributed by atoms with Gasteiger partial charge >= 0.3 is 6.18 Å². The van der Waals surface area contributed by atoms with Crippen molar-refractivity contribution in [3.05, 3.63) is 161 Å². The third kappa shape index (κ3) is 11.0. The number of alkyl halides is 3. The number of pyridine rings is 1. The fraction of sp³-hybridized carbons (Fsp3) is 0.344. The monoisotopic (exact) mass is 1180 g/mol. The van der Waals surface area contributed by atoms with Crippen LogP contribution in [0.15, 0.2) is 121 Å². The Morgan fingerprint density at radius 2 is 1.18 bits per heavy atom. The first-order chi connectivity index (χ1) is 33.4. The van der Waals surface area contributed by atoms with Gasteiger partial charge in [0.2, 0.25) is 0 Å². The summed E-state index contributed by atoms with van der Waals surface area (Å²) in [7, 11) is -2.60. The standard InChI is InChI=1S/C64H71F3N3OSi.Pt/c1-38(2)46-24-20-25-47(39(3)4)57(46)41-28-29-68-53(33-41)43-30-42(31-44(32-43)61(5,6)7)48-26-21-27-54-58(48)69-60(50-34-45(62(8,9)10)35-52(59(50)71)63(11,12)13)70(54)55-37-51(64(65,66)67)56(72(14,15)16)36-49(55)40-22-18-17-19-23-40;/h17-29,31-39,71H,1-16H3;/q-1;. The molecule has 0 spiro atoms. The molecule has 1 N–H and O–H groups in total. The smallest absolute Gasteiger partial charge is 0.416 e. The molecule has 8 rings (SSSR count). The first kappa shape index (κ1) is 55.2. The maximum Gasteiger partial charge on any atom is 0.416 e. The summed E-state index contributed by atoms with van der Waals surface area (Å²) in [6.07, 6.45) is -2.76. The molecule has 2 aromatic heterocycles. The van der Waals surface area contributed by atoms with Gasteiger partial charge in [-0.3, -0.25) is 9.55 Å². The molecule has 0 bridgehead atoms. The average molecular weight is 1180 g/mol. The van der Waals surface area contributed by atoms with E-state index >= 15 is 13.2 Å². The summed E-state index contributed by atoms with van der Waals surface area (Å²) in [5.74, 6) is 0.994. The summed E-state index contributed by atoms with van der Waals surface area (Å²) in [4.78, 5) is 10.5. The van der Waals surface area contributed by atoms with Gasteiger partial charge in [-0.1, -0.05) is 200 Å². The van der Waals surface area contributed by atoms with Crippen molar-refractivity contribution < 1.29 is 39.3 Å². The van der Waals surface area contributed by atoms with Crippen LogP contribution in [0.5, 0.6) is 5.75 Å². The van der Waals surface area contributed by atoms with Gasteiger partial charge in [0.1, 0.15) is 11.6 Å². The quantitative estimate of drug-likeness (QED) is 0.116. The van der Waals surface area contributed by atoms with Crippen LogP contribution in [-0.2, 0) is 43.5 Å². The molecular formula is C64H71F3N3OPtSi-. The number of halogens is 3. The van der Waals surface area contributed by atoms with Gasteiger partial charge in [0, 0.05) is 44.1 Å². The van der Waals surface area contributed by atoms with Crippen molar-refractivity contribution in [2.75, 3.05) is 0 Å². The average Bonchev–Trinajstić information content (AvgIpc) is 3.69. The minimum atomic E-state index is -4.65. The number of nitrogens with zero attached hydrogens (tertiary/aromatic N) is 3. The van der Waals surface area contributed by atoms with E-state index in [0.717, 1.165) is 50.2 Å². The molecule has 0 atom stereocenters. The number of hydrogen-bond acceptors (Lipinski definition) is 3. The topological polar surface area (TPSA) is 50.9 Å². The first-order valence-electron chi connectivity index (χ1n) is 25.3. The zero-order valence-electron chi connectivity index (χ0n) is 45.4.